The zero-order chi connectivity index (χ0) is 14.3. The van der Waals surface area contributed by atoms with E-state index >= 15 is 0 Å². The second kappa shape index (κ2) is 7.74. The summed E-state index contributed by atoms with van der Waals surface area (Å²) in [6, 6.07) is 0. The quantitative estimate of drug-likeness (QED) is 0.571. The molecular formula is C13H23N3O2. The summed E-state index contributed by atoms with van der Waals surface area (Å²) in [4.78, 5) is 10.7. The molecule has 0 aliphatic rings. The lowest BCUT2D eigenvalue weighted by Crippen LogP contribution is -2.11. The molecule has 1 rings (SSSR count). The van der Waals surface area contributed by atoms with Crippen LogP contribution < -0.4 is 5.32 Å². The molecule has 0 aliphatic carbocycles. The molecule has 0 atom stereocenters. The van der Waals surface area contributed by atoms with Crippen LogP contribution in [0.25, 0.3) is 0 Å². The van der Waals surface area contributed by atoms with Crippen molar-refractivity contribution in [3.63, 3.8) is 0 Å². The molecule has 0 bridgehead atoms. The Morgan fingerprint density at radius 3 is 3.06 bits per heavy atom. The molecule has 102 valence electrons. The van der Waals surface area contributed by atoms with Crippen molar-refractivity contribution in [2.75, 3.05) is 18.5 Å². The molecule has 1 aromatic rings. The Balaban J connectivity index is 2.53. The van der Waals surface area contributed by atoms with E-state index in [1.165, 1.54) is 19.8 Å². The number of ether oxygens (including phenoxy) is 1. The topological polar surface area (TPSA) is 56.2 Å². The summed E-state index contributed by atoms with van der Waals surface area (Å²) >= 11 is 0. The van der Waals surface area contributed by atoms with Crippen LogP contribution in [0.5, 0.6) is 0 Å². The summed E-state index contributed by atoms with van der Waals surface area (Å²) in [7, 11) is 0. The Kier molecular flexibility index (Phi) is 5.56. The third-order valence-electron chi connectivity index (χ3n) is 2.72. The number of unbranched alkanes of at least 4 members (excludes halogenated alkanes) is 2. The van der Waals surface area contributed by atoms with Crippen LogP contribution in [-0.2, 0) is 16.1 Å². The smallest absolute Gasteiger partial charge is 0.302 e. The number of hydrogen-bond acceptors (Lipinski definition) is 4. The van der Waals surface area contributed by atoms with Crippen LogP contribution in [0.1, 0.15) is 40.2 Å². The van der Waals surface area contributed by atoms with Crippen LogP contribution in [0.15, 0.2) is 6.17 Å². The molecule has 0 aliphatic heterocycles. The average Bonchev–Trinajstić information content (AvgIpc) is 2.61. The van der Waals surface area contributed by atoms with E-state index < -0.39 is 0 Å². The number of anilines is 1. The number of carbonyl (C=O) groups is 1. The van der Waals surface area contributed by atoms with E-state index in [1.54, 1.807) is 4.68 Å². The summed E-state index contributed by atoms with van der Waals surface area (Å²) in [6.07, 6.45) is 3.70. The molecular weight excluding hydrogens is 230 g/mol. The van der Waals surface area contributed by atoms with E-state index in [0.29, 0.717) is 6.54 Å². The van der Waals surface area contributed by atoms with Gasteiger partial charge >= 0.3 is 5.97 Å². The lowest BCUT2D eigenvalue weighted by molar-refractivity contribution is -0.141. The van der Waals surface area contributed by atoms with Gasteiger partial charge in [-0.1, -0.05) is 19.8 Å². The Labute approximate surface area is 110 Å². The first-order valence-corrected chi connectivity index (χ1v) is 6.47. The van der Waals surface area contributed by atoms with Gasteiger partial charge in [-0.2, -0.15) is 5.10 Å². The molecule has 0 unspecified atom stereocenters. The predicted octanol–water partition coefficient (Wildman–Crippen LogP) is 2.36. The number of hydrogen-bond donors (Lipinski definition) is 1. The fourth-order valence-electron chi connectivity index (χ4n) is 1.64. The Morgan fingerprint density at radius 2 is 2.39 bits per heavy atom. The van der Waals surface area contributed by atoms with E-state index in [-0.39, 0.29) is 18.7 Å². The summed E-state index contributed by atoms with van der Waals surface area (Å²) < 4.78 is 14.4. The predicted molar refractivity (Wildman–Crippen MR) is 71.6 cm³/mol. The van der Waals surface area contributed by atoms with Crippen molar-refractivity contribution in [2.24, 2.45) is 0 Å². The molecule has 0 saturated carbocycles. The third-order valence-corrected chi connectivity index (χ3v) is 2.72. The lowest BCUT2D eigenvalue weighted by Gasteiger charge is -2.07. The molecule has 1 N–H and O–H groups in total. The van der Waals surface area contributed by atoms with Crippen LogP contribution in [-0.4, -0.2) is 28.9 Å². The molecule has 1 heterocycles. The molecule has 0 radical (unpaired) electrons. The Morgan fingerprint density at radius 1 is 1.61 bits per heavy atom. The van der Waals surface area contributed by atoms with Crippen molar-refractivity contribution < 1.29 is 10.9 Å². The van der Waals surface area contributed by atoms with E-state index in [9.17, 15) is 4.79 Å². The summed E-state index contributed by atoms with van der Waals surface area (Å²) in [5.41, 5.74) is 1.69. The molecule has 5 heteroatoms. The maximum absolute atomic E-state index is 10.7. The number of nitrogens with one attached hydrogen (secondary N) is 1. The van der Waals surface area contributed by atoms with Crippen LogP contribution in [0.4, 0.5) is 5.69 Å². The highest BCUT2D eigenvalue weighted by Gasteiger charge is 2.05. The minimum Gasteiger partial charge on any atom is -0.464 e. The van der Waals surface area contributed by atoms with Crippen molar-refractivity contribution in [3.8, 4) is 0 Å². The zero-order valence-electron chi connectivity index (χ0n) is 12.5. The van der Waals surface area contributed by atoms with E-state index in [0.717, 1.165) is 24.3 Å². The monoisotopic (exact) mass is 254 g/mol. The van der Waals surface area contributed by atoms with Gasteiger partial charge in [0.15, 0.2) is 0 Å². The van der Waals surface area contributed by atoms with Crippen molar-refractivity contribution in [1.29, 1.82) is 0 Å². The molecule has 0 saturated heterocycles. The van der Waals surface area contributed by atoms with Crippen LogP contribution >= 0.6 is 0 Å². The first-order chi connectivity index (χ1) is 9.06. The number of carbonyl (C=O) groups excluding carboxylic acids is 1. The van der Waals surface area contributed by atoms with Crippen molar-refractivity contribution >= 4 is 11.7 Å². The van der Waals surface area contributed by atoms with Gasteiger partial charge in [0.05, 0.1) is 25.5 Å². The van der Waals surface area contributed by atoms with Gasteiger partial charge in [-0.15, -0.1) is 0 Å². The number of esters is 1. The summed E-state index contributed by atoms with van der Waals surface area (Å²) in [5, 5.41) is 7.39. The molecule has 0 aromatic carbocycles. The second-order valence-corrected chi connectivity index (χ2v) is 4.27. The molecule has 0 spiro atoms. The van der Waals surface area contributed by atoms with Gasteiger partial charge in [-0.25, -0.2) is 0 Å². The molecule has 1 aromatic heterocycles. The average molecular weight is 254 g/mol. The zero-order valence-corrected chi connectivity index (χ0v) is 11.5. The van der Waals surface area contributed by atoms with Gasteiger partial charge in [-0.3, -0.25) is 9.48 Å². The maximum Gasteiger partial charge on any atom is 0.302 e. The van der Waals surface area contributed by atoms with Crippen molar-refractivity contribution in [2.45, 2.75) is 46.6 Å². The lowest BCUT2D eigenvalue weighted by atomic mass is 10.2. The first kappa shape index (κ1) is 12.9. The summed E-state index contributed by atoms with van der Waals surface area (Å²) in [6.45, 7) is 7.08. The minimum absolute atomic E-state index is 0.247. The number of rotatable bonds is 8. The molecule has 0 fully saturated rings. The van der Waals surface area contributed by atoms with Gasteiger partial charge in [0.2, 0.25) is 0 Å². The van der Waals surface area contributed by atoms with Crippen LogP contribution in [0.3, 0.4) is 0 Å². The third kappa shape index (κ3) is 4.77. The fourth-order valence-corrected chi connectivity index (χ4v) is 1.64. The Hall–Kier alpha value is -1.52. The van der Waals surface area contributed by atoms with Crippen LogP contribution in [0.2, 0.25) is 0 Å². The van der Waals surface area contributed by atoms with Gasteiger partial charge in [0.1, 0.15) is 6.61 Å². The van der Waals surface area contributed by atoms with Gasteiger partial charge in [0.25, 0.3) is 0 Å². The highest BCUT2D eigenvalue weighted by molar-refractivity contribution is 5.65. The largest absolute Gasteiger partial charge is 0.464 e. The van der Waals surface area contributed by atoms with Gasteiger partial charge < -0.3 is 10.1 Å². The number of aromatic nitrogens is 2. The van der Waals surface area contributed by atoms with Crippen molar-refractivity contribution in [1.82, 2.24) is 9.78 Å². The van der Waals surface area contributed by atoms with Gasteiger partial charge in [-0.05, 0) is 13.3 Å². The second-order valence-electron chi connectivity index (χ2n) is 4.27. The normalized spacial score (nSPS) is 11.2. The molecule has 18 heavy (non-hydrogen) atoms. The standard InChI is InChI=1S/C13H23N3O2/c1-4-5-6-7-14-13-10-15-16(11(13)2)8-9-18-12(3)17/h10,14H,4-9H2,1-3H3/i10D. The SMILES string of the molecule is [2H]c1nn(CCOC(C)=O)c(C)c1NCCCCC. The van der Waals surface area contributed by atoms with E-state index in [4.69, 9.17) is 6.11 Å². The summed E-state index contributed by atoms with van der Waals surface area (Å²) in [5.74, 6) is -0.297. The first-order valence-electron chi connectivity index (χ1n) is 6.97. The number of nitrogens with zero attached hydrogens (tertiary/aromatic N) is 2. The van der Waals surface area contributed by atoms with Crippen molar-refractivity contribution in [3.05, 3.63) is 11.9 Å². The van der Waals surface area contributed by atoms with E-state index in [2.05, 4.69) is 17.3 Å². The van der Waals surface area contributed by atoms with E-state index in [1.807, 2.05) is 6.92 Å². The fraction of sp³-hybridized carbons (Fsp3) is 0.692. The van der Waals surface area contributed by atoms with Crippen LogP contribution in [0, 0.1) is 6.92 Å². The molecule has 0 amide bonds. The van der Waals surface area contributed by atoms with Gasteiger partial charge in [0, 0.05) is 13.5 Å². The minimum atomic E-state index is -0.297. The highest BCUT2D eigenvalue weighted by Crippen LogP contribution is 2.13. The Bertz CT molecular complexity index is 418. The molecule has 5 nitrogen and oxygen atoms in total. The maximum atomic E-state index is 10.7. The highest BCUT2D eigenvalue weighted by atomic mass is 16.5.